The van der Waals surface area contributed by atoms with Crippen molar-refractivity contribution < 1.29 is 19.1 Å². The van der Waals surface area contributed by atoms with Gasteiger partial charge in [-0.25, -0.2) is 0 Å². The van der Waals surface area contributed by atoms with Crippen molar-refractivity contribution in [2.75, 3.05) is 39.9 Å². The SMILES string of the molecule is COc1ccc(C(=O)N2CCCN(C(=O)COc3ccccc3)CC2)cc1. The number of hydrogen-bond donors (Lipinski definition) is 0. The van der Waals surface area contributed by atoms with Crippen LogP contribution in [0, 0.1) is 0 Å². The second kappa shape index (κ2) is 9.07. The fraction of sp³-hybridized carbons (Fsp3) is 0.333. The molecule has 2 amide bonds. The van der Waals surface area contributed by atoms with E-state index in [2.05, 4.69) is 0 Å². The molecule has 1 heterocycles. The largest absolute Gasteiger partial charge is 0.497 e. The average molecular weight is 368 g/mol. The second-order valence-corrected chi connectivity index (χ2v) is 6.36. The molecule has 1 aliphatic rings. The van der Waals surface area contributed by atoms with Crippen molar-refractivity contribution in [3.8, 4) is 11.5 Å². The number of hydrogen-bond acceptors (Lipinski definition) is 4. The molecule has 1 saturated heterocycles. The number of methoxy groups -OCH3 is 1. The van der Waals surface area contributed by atoms with Crippen LogP contribution in [-0.4, -0.2) is 61.5 Å². The minimum Gasteiger partial charge on any atom is -0.497 e. The van der Waals surface area contributed by atoms with Gasteiger partial charge in [-0.3, -0.25) is 9.59 Å². The Labute approximate surface area is 159 Å². The highest BCUT2D eigenvalue weighted by atomic mass is 16.5. The number of rotatable bonds is 5. The predicted octanol–water partition coefficient (Wildman–Crippen LogP) is 2.45. The average Bonchev–Trinajstić information content (AvgIpc) is 2.98. The number of carbonyl (C=O) groups excluding carboxylic acids is 2. The summed E-state index contributed by atoms with van der Waals surface area (Å²) in [5.74, 6) is 1.32. The minimum absolute atomic E-state index is 0.0104. The number of carbonyl (C=O) groups is 2. The van der Waals surface area contributed by atoms with Crippen LogP contribution in [0.5, 0.6) is 11.5 Å². The standard InChI is InChI=1S/C21H24N2O4/c1-26-18-10-8-17(9-11-18)21(25)23-13-5-12-22(14-15-23)20(24)16-27-19-6-3-2-4-7-19/h2-4,6-11H,5,12-16H2,1H3. The van der Waals surface area contributed by atoms with E-state index in [9.17, 15) is 9.59 Å². The molecule has 142 valence electrons. The first-order valence-electron chi connectivity index (χ1n) is 9.06. The summed E-state index contributed by atoms with van der Waals surface area (Å²) in [7, 11) is 1.60. The van der Waals surface area contributed by atoms with Crippen LogP contribution in [0.25, 0.3) is 0 Å². The zero-order valence-corrected chi connectivity index (χ0v) is 15.5. The summed E-state index contributed by atoms with van der Waals surface area (Å²) < 4.78 is 10.7. The number of nitrogens with zero attached hydrogens (tertiary/aromatic N) is 2. The van der Waals surface area contributed by atoms with Gasteiger partial charge in [0.2, 0.25) is 0 Å². The van der Waals surface area contributed by atoms with Gasteiger partial charge in [-0.1, -0.05) is 18.2 Å². The molecule has 0 unspecified atom stereocenters. The first-order chi connectivity index (χ1) is 13.2. The molecule has 1 aliphatic heterocycles. The lowest BCUT2D eigenvalue weighted by atomic mass is 10.2. The monoisotopic (exact) mass is 368 g/mol. The van der Waals surface area contributed by atoms with Crippen LogP contribution < -0.4 is 9.47 Å². The van der Waals surface area contributed by atoms with Crippen molar-refractivity contribution in [2.45, 2.75) is 6.42 Å². The van der Waals surface area contributed by atoms with Crippen LogP contribution in [0.1, 0.15) is 16.8 Å². The maximum absolute atomic E-state index is 12.7. The first-order valence-corrected chi connectivity index (χ1v) is 9.06. The lowest BCUT2D eigenvalue weighted by Gasteiger charge is -2.22. The highest BCUT2D eigenvalue weighted by molar-refractivity contribution is 5.94. The molecule has 1 fully saturated rings. The molecule has 0 N–H and O–H groups in total. The van der Waals surface area contributed by atoms with E-state index in [0.717, 1.165) is 12.2 Å². The third-order valence-corrected chi connectivity index (χ3v) is 4.58. The molecule has 2 aromatic rings. The summed E-state index contributed by atoms with van der Waals surface area (Å²) in [5, 5.41) is 0. The Morgan fingerprint density at radius 2 is 1.52 bits per heavy atom. The number of ether oxygens (including phenoxy) is 2. The molecular formula is C21H24N2O4. The molecule has 6 nitrogen and oxygen atoms in total. The van der Waals surface area contributed by atoms with E-state index < -0.39 is 0 Å². The van der Waals surface area contributed by atoms with Crippen molar-refractivity contribution in [3.63, 3.8) is 0 Å². The highest BCUT2D eigenvalue weighted by Crippen LogP contribution is 2.15. The lowest BCUT2D eigenvalue weighted by molar-refractivity contribution is -0.133. The van der Waals surface area contributed by atoms with E-state index in [1.165, 1.54) is 0 Å². The third kappa shape index (κ3) is 5.00. The van der Waals surface area contributed by atoms with E-state index in [-0.39, 0.29) is 18.4 Å². The van der Waals surface area contributed by atoms with Crippen LogP contribution in [0.2, 0.25) is 0 Å². The molecule has 2 aromatic carbocycles. The Hall–Kier alpha value is -3.02. The van der Waals surface area contributed by atoms with Gasteiger partial charge in [0.15, 0.2) is 6.61 Å². The van der Waals surface area contributed by atoms with Crippen LogP contribution >= 0.6 is 0 Å². The highest BCUT2D eigenvalue weighted by Gasteiger charge is 2.23. The van der Waals surface area contributed by atoms with Crippen molar-refractivity contribution >= 4 is 11.8 Å². The Bertz CT molecular complexity index is 762. The van der Waals surface area contributed by atoms with Crippen LogP contribution in [0.15, 0.2) is 54.6 Å². The summed E-state index contributed by atoms with van der Waals surface area (Å²) in [6.45, 7) is 2.30. The van der Waals surface area contributed by atoms with E-state index in [1.807, 2.05) is 30.3 Å². The minimum atomic E-state index is -0.0578. The molecule has 0 bridgehead atoms. The molecule has 3 rings (SSSR count). The number of benzene rings is 2. The van der Waals surface area contributed by atoms with Gasteiger partial charge in [0.1, 0.15) is 11.5 Å². The van der Waals surface area contributed by atoms with Crippen LogP contribution in [0.3, 0.4) is 0 Å². The van der Waals surface area contributed by atoms with Crippen LogP contribution in [0.4, 0.5) is 0 Å². The Balaban J connectivity index is 1.53. The summed E-state index contributed by atoms with van der Waals surface area (Å²) in [6.07, 6.45) is 0.749. The second-order valence-electron chi connectivity index (χ2n) is 6.36. The van der Waals surface area contributed by atoms with E-state index >= 15 is 0 Å². The maximum Gasteiger partial charge on any atom is 0.260 e. The van der Waals surface area contributed by atoms with Gasteiger partial charge in [0.25, 0.3) is 11.8 Å². The van der Waals surface area contributed by atoms with E-state index in [0.29, 0.717) is 37.5 Å². The van der Waals surface area contributed by atoms with Crippen LogP contribution in [-0.2, 0) is 4.79 Å². The predicted molar refractivity (Wildman–Crippen MR) is 102 cm³/mol. The van der Waals surface area contributed by atoms with Crippen molar-refractivity contribution in [3.05, 3.63) is 60.2 Å². The Morgan fingerprint density at radius 1 is 0.852 bits per heavy atom. The quantitative estimate of drug-likeness (QED) is 0.813. The molecule has 0 aromatic heterocycles. The van der Waals surface area contributed by atoms with Gasteiger partial charge < -0.3 is 19.3 Å². The van der Waals surface area contributed by atoms with Gasteiger partial charge in [-0.15, -0.1) is 0 Å². The fourth-order valence-electron chi connectivity index (χ4n) is 3.04. The van der Waals surface area contributed by atoms with Crippen molar-refractivity contribution in [2.24, 2.45) is 0 Å². The molecule has 0 saturated carbocycles. The summed E-state index contributed by atoms with van der Waals surface area (Å²) in [6, 6.07) is 16.4. The molecule has 0 spiro atoms. The van der Waals surface area contributed by atoms with Crippen molar-refractivity contribution in [1.29, 1.82) is 0 Å². The van der Waals surface area contributed by atoms with Gasteiger partial charge in [-0.2, -0.15) is 0 Å². The Kier molecular flexibility index (Phi) is 6.30. The van der Waals surface area contributed by atoms with Gasteiger partial charge in [0, 0.05) is 31.7 Å². The van der Waals surface area contributed by atoms with Gasteiger partial charge in [-0.05, 0) is 42.8 Å². The smallest absolute Gasteiger partial charge is 0.260 e. The molecule has 27 heavy (non-hydrogen) atoms. The molecule has 0 radical (unpaired) electrons. The molecular weight excluding hydrogens is 344 g/mol. The molecule has 0 atom stereocenters. The van der Waals surface area contributed by atoms with E-state index in [1.54, 1.807) is 41.2 Å². The summed E-state index contributed by atoms with van der Waals surface area (Å²) in [4.78, 5) is 28.7. The zero-order chi connectivity index (χ0) is 19.1. The summed E-state index contributed by atoms with van der Waals surface area (Å²) in [5.41, 5.74) is 0.628. The number of amides is 2. The fourth-order valence-corrected chi connectivity index (χ4v) is 3.04. The lowest BCUT2D eigenvalue weighted by Crippen LogP contribution is -2.39. The van der Waals surface area contributed by atoms with Crippen molar-refractivity contribution in [1.82, 2.24) is 9.80 Å². The number of para-hydroxylation sites is 1. The zero-order valence-electron chi connectivity index (χ0n) is 15.5. The molecule has 0 aliphatic carbocycles. The third-order valence-electron chi connectivity index (χ3n) is 4.58. The van der Waals surface area contributed by atoms with Gasteiger partial charge in [0.05, 0.1) is 7.11 Å². The molecule has 6 heteroatoms. The Morgan fingerprint density at radius 3 is 2.22 bits per heavy atom. The first kappa shape index (κ1) is 18.8. The normalized spacial score (nSPS) is 14.4. The summed E-state index contributed by atoms with van der Waals surface area (Å²) >= 11 is 0. The van der Waals surface area contributed by atoms with Gasteiger partial charge >= 0.3 is 0 Å². The maximum atomic E-state index is 12.7. The topological polar surface area (TPSA) is 59.1 Å². The van der Waals surface area contributed by atoms with E-state index in [4.69, 9.17) is 9.47 Å².